The van der Waals surface area contributed by atoms with Crippen LogP contribution in [-0.4, -0.2) is 0 Å². The monoisotopic (exact) mass is 348 g/mol. The zero-order chi connectivity index (χ0) is 18.5. The summed E-state index contributed by atoms with van der Waals surface area (Å²) < 4.78 is 28.6. The van der Waals surface area contributed by atoms with Crippen LogP contribution in [0.2, 0.25) is 0 Å². The average molecular weight is 348 g/mol. The first-order valence-electron chi connectivity index (χ1n) is 9.10. The molecular weight excluding hydrogens is 326 g/mol. The molecule has 0 nitrogen and oxygen atoms in total. The fourth-order valence-corrected chi connectivity index (χ4v) is 3.12. The van der Waals surface area contributed by atoms with Crippen molar-refractivity contribution in [1.82, 2.24) is 0 Å². The molecule has 1 saturated carbocycles. The smallest absolute Gasteiger partial charge is 0.143 e. The highest BCUT2D eigenvalue weighted by Gasteiger charge is 2.16. The summed E-state index contributed by atoms with van der Waals surface area (Å²) in [5, 5.41) is 0. The van der Waals surface area contributed by atoms with Crippen molar-refractivity contribution in [3.05, 3.63) is 70.3 Å². The van der Waals surface area contributed by atoms with Gasteiger partial charge in [0.15, 0.2) is 0 Å². The van der Waals surface area contributed by atoms with Gasteiger partial charge in [0.25, 0.3) is 0 Å². The summed E-state index contributed by atoms with van der Waals surface area (Å²) in [4.78, 5) is 0. The zero-order valence-corrected chi connectivity index (χ0v) is 15.2. The molecule has 0 saturated heterocycles. The number of halogens is 2. The number of aryl methyl sites for hydroxylation is 1. The Morgan fingerprint density at radius 3 is 2.00 bits per heavy atom. The molecule has 2 aromatic rings. The topological polar surface area (TPSA) is 0 Å². The summed E-state index contributed by atoms with van der Waals surface area (Å²) >= 11 is 0. The van der Waals surface area contributed by atoms with Gasteiger partial charge >= 0.3 is 0 Å². The van der Waals surface area contributed by atoms with Gasteiger partial charge in [-0.25, -0.2) is 8.78 Å². The summed E-state index contributed by atoms with van der Waals surface area (Å²) in [6, 6.07) is 10.2. The minimum atomic E-state index is -0.644. The van der Waals surface area contributed by atoms with Crippen LogP contribution in [0.15, 0.2) is 36.4 Å². The molecule has 2 heteroatoms. The molecule has 132 valence electrons. The molecule has 0 radical (unpaired) electrons. The second kappa shape index (κ2) is 8.20. The van der Waals surface area contributed by atoms with Crippen LogP contribution in [-0.2, 0) is 0 Å². The fourth-order valence-electron chi connectivity index (χ4n) is 3.12. The van der Waals surface area contributed by atoms with Gasteiger partial charge in [-0.15, -0.1) is 0 Å². The first-order chi connectivity index (χ1) is 12.5. The van der Waals surface area contributed by atoms with Crippen LogP contribution in [0.25, 0.3) is 0 Å². The van der Waals surface area contributed by atoms with Crippen LogP contribution in [0.1, 0.15) is 54.9 Å². The Labute approximate surface area is 154 Å². The molecule has 2 aromatic carbocycles. The van der Waals surface area contributed by atoms with Crippen LogP contribution in [0, 0.1) is 54.1 Å². The first-order valence-corrected chi connectivity index (χ1v) is 9.10. The van der Waals surface area contributed by atoms with E-state index in [1.807, 2.05) is 31.2 Å². The van der Waals surface area contributed by atoms with Crippen molar-refractivity contribution in [2.75, 3.05) is 0 Å². The molecule has 0 aromatic heterocycles. The minimum absolute atomic E-state index is 0.149. The van der Waals surface area contributed by atoms with Gasteiger partial charge in [-0.05, 0) is 62.8 Å². The lowest BCUT2D eigenvalue weighted by molar-refractivity contribution is 0.337. The molecule has 0 unspecified atom stereocenters. The SMILES string of the molecule is Cc1ccc(C#Cc2cc(F)c(C#CC3CCC(C)CC3)c(F)c2)cc1. The lowest BCUT2D eigenvalue weighted by Gasteiger charge is -2.21. The van der Waals surface area contributed by atoms with Crippen LogP contribution in [0.5, 0.6) is 0 Å². The van der Waals surface area contributed by atoms with Gasteiger partial charge in [0.05, 0.1) is 5.56 Å². The van der Waals surface area contributed by atoms with Gasteiger partial charge in [0, 0.05) is 17.0 Å². The number of hydrogen-bond donors (Lipinski definition) is 0. The fraction of sp³-hybridized carbons (Fsp3) is 0.333. The predicted octanol–water partition coefficient (Wildman–Crippen LogP) is 5.85. The van der Waals surface area contributed by atoms with Gasteiger partial charge in [-0.1, -0.05) is 48.3 Å². The van der Waals surface area contributed by atoms with Gasteiger partial charge in [-0.3, -0.25) is 0 Å². The van der Waals surface area contributed by atoms with E-state index in [9.17, 15) is 8.78 Å². The third kappa shape index (κ3) is 4.74. The normalized spacial score (nSPS) is 19.1. The third-order valence-electron chi connectivity index (χ3n) is 4.86. The number of rotatable bonds is 0. The molecule has 0 amide bonds. The molecule has 1 aliphatic rings. The molecule has 0 heterocycles. The second-order valence-electron chi connectivity index (χ2n) is 7.16. The van der Waals surface area contributed by atoms with E-state index in [1.54, 1.807) is 0 Å². The van der Waals surface area contributed by atoms with E-state index in [0.717, 1.165) is 42.7 Å². The first kappa shape index (κ1) is 18.2. The van der Waals surface area contributed by atoms with Crippen LogP contribution >= 0.6 is 0 Å². The zero-order valence-electron chi connectivity index (χ0n) is 15.2. The van der Waals surface area contributed by atoms with Crippen molar-refractivity contribution < 1.29 is 8.78 Å². The minimum Gasteiger partial charge on any atom is -0.205 e. The van der Waals surface area contributed by atoms with Crippen molar-refractivity contribution in [3.63, 3.8) is 0 Å². The molecular formula is C24H22F2. The second-order valence-corrected chi connectivity index (χ2v) is 7.16. The van der Waals surface area contributed by atoms with Gasteiger partial charge in [0.1, 0.15) is 11.6 Å². The summed E-state index contributed by atoms with van der Waals surface area (Å²) in [6.45, 7) is 4.23. The molecule has 1 aliphatic carbocycles. The molecule has 0 N–H and O–H groups in total. The summed E-state index contributed by atoms with van der Waals surface area (Å²) in [7, 11) is 0. The molecule has 0 bridgehead atoms. The highest BCUT2D eigenvalue weighted by Crippen LogP contribution is 2.27. The lowest BCUT2D eigenvalue weighted by atomic mass is 9.83. The van der Waals surface area contributed by atoms with E-state index in [0.29, 0.717) is 5.56 Å². The van der Waals surface area contributed by atoms with Gasteiger partial charge in [-0.2, -0.15) is 0 Å². The molecule has 26 heavy (non-hydrogen) atoms. The van der Waals surface area contributed by atoms with E-state index in [2.05, 4.69) is 30.6 Å². The quantitative estimate of drug-likeness (QED) is 0.524. The Hall–Kier alpha value is -2.58. The largest absolute Gasteiger partial charge is 0.205 e. The molecule has 0 atom stereocenters. The lowest BCUT2D eigenvalue weighted by Crippen LogP contribution is -2.10. The molecule has 3 rings (SSSR count). The summed E-state index contributed by atoms with van der Waals surface area (Å²) in [5.74, 6) is 11.2. The summed E-state index contributed by atoms with van der Waals surface area (Å²) in [5.41, 5.74) is 2.12. The van der Waals surface area contributed by atoms with Gasteiger partial charge < -0.3 is 0 Å². The van der Waals surface area contributed by atoms with Crippen LogP contribution < -0.4 is 0 Å². The van der Waals surface area contributed by atoms with Crippen molar-refractivity contribution in [2.24, 2.45) is 11.8 Å². The number of hydrogen-bond acceptors (Lipinski definition) is 0. The maximum Gasteiger partial charge on any atom is 0.143 e. The molecule has 0 aliphatic heterocycles. The Morgan fingerprint density at radius 1 is 0.808 bits per heavy atom. The Bertz CT molecular complexity index is 870. The van der Waals surface area contributed by atoms with E-state index in [-0.39, 0.29) is 11.5 Å². The Kier molecular flexibility index (Phi) is 5.75. The third-order valence-corrected chi connectivity index (χ3v) is 4.86. The maximum absolute atomic E-state index is 14.3. The molecule has 0 spiro atoms. The van der Waals surface area contributed by atoms with Crippen LogP contribution in [0.3, 0.4) is 0 Å². The van der Waals surface area contributed by atoms with Crippen molar-refractivity contribution in [1.29, 1.82) is 0 Å². The number of benzene rings is 2. The Morgan fingerprint density at radius 2 is 1.38 bits per heavy atom. The van der Waals surface area contributed by atoms with E-state index < -0.39 is 11.6 Å². The highest BCUT2D eigenvalue weighted by atomic mass is 19.1. The van der Waals surface area contributed by atoms with Crippen LogP contribution in [0.4, 0.5) is 8.78 Å². The molecule has 1 fully saturated rings. The average Bonchev–Trinajstić information content (AvgIpc) is 2.62. The predicted molar refractivity (Wildman–Crippen MR) is 102 cm³/mol. The highest BCUT2D eigenvalue weighted by molar-refractivity contribution is 5.47. The van der Waals surface area contributed by atoms with Crippen molar-refractivity contribution in [3.8, 4) is 23.7 Å². The Balaban J connectivity index is 1.78. The van der Waals surface area contributed by atoms with E-state index >= 15 is 0 Å². The van der Waals surface area contributed by atoms with E-state index in [1.165, 1.54) is 12.1 Å². The standard InChI is InChI=1S/C24H22F2/c1-17-3-7-19(8-4-17)11-12-21-15-23(25)22(24(26)16-21)14-13-20-9-5-18(2)6-10-20/h3-4,7-8,15-16,18,20H,5-6,9-10H2,1-2H3. The van der Waals surface area contributed by atoms with Crippen molar-refractivity contribution >= 4 is 0 Å². The maximum atomic E-state index is 14.3. The van der Waals surface area contributed by atoms with E-state index in [4.69, 9.17) is 0 Å². The summed E-state index contributed by atoms with van der Waals surface area (Å²) in [6.07, 6.45) is 4.30. The van der Waals surface area contributed by atoms with Crippen molar-refractivity contribution in [2.45, 2.75) is 39.5 Å². The van der Waals surface area contributed by atoms with Gasteiger partial charge in [0.2, 0.25) is 0 Å².